The second-order valence-corrected chi connectivity index (χ2v) is 11.0. The van der Waals surface area contributed by atoms with Crippen molar-refractivity contribution in [3.63, 3.8) is 0 Å². The predicted octanol–water partition coefficient (Wildman–Crippen LogP) is 5.57. The Balaban J connectivity index is 1.20. The Morgan fingerprint density at radius 1 is 0.975 bits per heavy atom. The fraction of sp³-hybridized carbons (Fsp3) is 0.353. The van der Waals surface area contributed by atoms with Crippen LogP contribution in [0.3, 0.4) is 0 Å². The van der Waals surface area contributed by atoms with Gasteiger partial charge in [0.15, 0.2) is 5.76 Å². The van der Waals surface area contributed by atoms with E-state index in [0.29, 0.717) is 24.4 Å². The summed E-state index contributed by atoms with van der Waals surface area (Å²) in [5, 5.41) is 3.01. The Labute approximate surface area is 237 Å². The van der Waals surface area contributed by atoms with Gasteiger partial charge in [-0.1, -0.05) is 78.7 Å². The van der Waals surface area contributed by atoms with E-state index in [2.05, 4.69) is 53.5 Å². The first-order valence-corrected chi connectivity index (χ1v) is 14.3. The molecule has 6 heteroatoms. The zero-order valence-electron chi connectivity index (χ0n) is 23.5. The van der Waals surface area contributed by atoms with Gasteiger partial charge in [0.1, 0.15) is 6.10 Å². The molecule has 2 atom stereocenters. The number of hydrogen-bond acceptors (Lipinski definition) is 4. The van der Waals surface area contributed by atoms with E-state index in [1.54, 1.807) is 12.1 Å². The highest BCUT2D eigenvalue weighted by molar-refractivity contribution is 5.97. The maximum atomic E-state index is 13.6. The minimum absolute atomic E-state index is 0.0215. The van der Waals surface area contributed by atoms with Crippen LogP contribution in [-0.2, 0) is 22.6 Å². The normalized spacial score (nSPS) is 19.8. The molecule has 3 aromatic carbocycles. The van der Waals surface area contributed by atoms with Gasteiger partial charge in [0.25, 0.3) is 11.8 Å². The fourth-order valence-electron chi connectivity index (χ4n) is 5.57. The van der Waals surface area contributed by atoms with Crippen molar-refractivity contribution in [3.05, 3.63) is 112 Å². The average Bonchev–Trinajstić information content (AvgIpc) is 2.97. The van der Waals surface area contributed by atoms with Crippen LogP contribution in [0, 0.1) is 6.92 Å². The Morgan fingerprint density at radius 2 is 1.70 bits per heavy atom. The largest absolute Gasteiger partial charge is 0.482 e. The molecule has 1 saturated carbocycles. The van der Waals surface area contributed by atoms with Crippen LogP contribution in [0.4, 0.5) is 0 Å². The molecule has 6 nitrogen and oxygen atoms in total. The van der Waals surface area contributed by atoms with E-state index in [4.69, 9.17) is 4.74 Å². The zero-order chi connectivity index (χ0) is 27.9. The molecule has 1 N–H and O–H groups in total. The van der Waals surface area contributed by atoms with Crippen molar-refractivity contribution >= 4 is 17.9 Å². The smallest absolute Gasteiger partial charge is 0.289 e. The number of amides is 2. The Bertz CT molecular complexity index is 1320. The van der Waals surface area contributed by atoms with E-state index in [-0.39, 0.29) is 24.0 Å². The standard InChI is InChI=1S/C34H39N3O3/c1-25-12-14-28(15-13-25)24-37-30-10-6-7-11-31(30)40-32(34(37)39)22-26-16-18-29(19-17-26)33(38)35-20-21-36(2)23-27-8-4-3-5-9-27/h3-5,8-9,12-19,22,30-31H,6-7,10-11,20-21,23-24H2,1-2H3,(H,35,38)/b32-22+. The molecule has 1 saturated heterocycles. The van der Waals surface area contributed by atoms with Gasteiger partial charge in [0.05, 0.1) is 6.04 Å². The van der Waals surface area contributed by atoms with E-state index in [1.165, 1.54) is 11.1 Å². The molecule has 0 spiro atoms. The minimum atomic E-state index is -0.105. The molecule has 0 bridgehead atoms. The fourth-order valence-corrected chi connectivity index (χ4v) is 5.57. The molecule has 1 aliphatic carbocycles. The van der Waals surface area contributed by atoms with E-state index >= 15 is 0 Å². The van der Waals surface area contributed by atoms with Gasteiger partial charge in [-0.2, -0.15) is 0 Å². The van der Waals surface area contributed by atoms with Crippen LogP contribution in [0.15, 0.2) is 84.6 Å². The third kappa shape index (κ3) is 6.99. The molecular weight excluding hydrogens is 498 g/mol. The van der Waals surface area contributed by atoms with Gasteiger partial charge in [-0.05, 0) is 68.1 Å². The first-order chi connectivity index (χ1) is 19.5. The van der Waals surface area contributed by atoms with E-state index in [1.807, 2.05) is 48.4 Å². The SMILES string of the molecule is Cc1ccc(CN2C(=O)/C(=C\c3ccc(C(=O)NCCN(C)Cc4ccccc4)cc3)OC3CCCCC32)cc1. The Hall–Kier alpha value is -3.90. The summed E-state index contributed by atoms with van der Waals surface area (Å²) in [6.07, 6.45) is 6.00. The highest BCUT2D eigenvalue weighted by Crippen LogP contribution is 2.34. The molecule has 2 aliphatic rings. The minimum Gasteiger partial charge on any atom is -0.482 e. The zero-order valence-corrected chi connectivity index (χ0v) is 23.5. The lowest BCUT2D eigenvalue weighted by Crippen LogP contribution is -2.54. The van der Waals surface area contributed by atoms with Gasteiger partial charge in [0, 0.05) is 31.7 Å². The number of hydrogen-bond donors (Lipinski definition) is 1. The van der Waals surface area contributed by atoms with Crippen molar-refractivity contribution < 1.29 is 14.3 Å². The van der Waals surface area contributed by atoms with Gasteiger partial charge in [-0.25, -0.2) is 0 Å². The van der Waals surface area contributed by atoms with Crippen LogP contribution in [0.2, 0.25) is 0 Å². The van der Waals surface area contributed by atoms with Crippen LogP contribution < -0.4 is 5.32 Å². The number of fused-ring (bicyclic) bond motifs is 1. The molecule has 2 fully saturated rings. The summed E-state index contributed by atoms with van der Waals surface area (Å²) in [5.41, 5.74) is 5.02. The number of rotatable bonds is 9. The van der Waals surface area contributed by atoms with Gasteiger partial charge in [-0.3, -0.25) is 9.59 Å². The summed E-state index contributed by atoms with van der Waals surface area (Å²) >= 11 is 0. The summed E-state index contributed by atoms with van der Waals surface area (Å²) in [6.45, 7) is 4.81. The molecule has 1 heterocycles. The van der Waals surface area contributed by atoms with Crippen LogP contribution in [0.5, 0.6) is 0 Å². The van der Waals surface area contributed by atoms with Crippen molar-refractivity contribution in [2.24, 2.45) is 0 Å². The number of nitrogens with one attached hydrogen (secondary N) is 1. The molecule has 208 valence electrons. The summed E-state index contributed by atoms with van der Waals surface area (Å²) in [5.74, 6) is 0.214. The van der Waals surface area contributed by atoms with Crippen LogP contribution >= 0.6 is 0 Å². The van der Waals surface area contributed by atoms with Crippen molar-refractivity contribution in [1.29, 1.82) is 0 Å². The van der Waals surface area contributed by atoms with Crippen molar-refractivity contribution in [3.8, 4) is 0 Å². The number of likely N-dealkylation sites (N-methyl/N-ethyl adjacent to an activating group) is 1. The van der Waals surface area contributed by atoms with E-state index < -0.39 is 0 Å². The lowest BCUT2D eigenvalue weighted by atomic mass is 9.89. The second kappa shape index (κ2) is 13.0. The van der Waals surface area contributed by atoms with Gasteiger partial charge < -0.3 is 19.9 Å². The third-order valence-corrected chi connectivity index (χ3v) is 7.84. The molecule has 0 aromatic heterocycles. The Kier molecular flexibility index (Phi) is 8.97. The van der Waals surface area contributed by atoms with Crippen molar-refractivity contribution in [2.75, 3.05) is 20.1 Å². The summed E-state index contributed by atoms with van der Waals surface area (Å²) < 4.78 is 6.28. The van der Waals surface area contributed by atoms with E-state index in [9.17, 15) is 9.59 Å². The highest BCUT2D eigenvalue weighted by atomic mass is 16.5. The number of morpholine rings is 1. The van der Waals surface area contributed by atoms with E-state index in [0.717, 1.165) is 49.9 Å². The molecule has 0 radical (unpaired) electrons. The molecule has 2 unspecified atom stereocenters. The van der Waals surface area contributed by atoms with Crippen LogP contribution in [-0.4, -0.2) is 53.9 Å². The molecule has 1 aliphatic heterocycles. The first kappa shape index (κ1) is 27.7. The molecule has 5 rings (SSSR count). The summed E-state index contributed by atoms with van der Waals surface area (Å²) in [7, 11) is 2.05. The Morgan fingerprint density at radius 3 is 2.45 bits per heavy atom. The van der Waals surface area contributed by atoms with Gasteiger partial charge in [-0.15, -0.1) is 0 Å². The monoisotopic (exact) mass is 537 g/mol. The highest BCUT2D eigenvalue weighted by Gasteiger charge is 2.41. The number of aryl methyl sites for hydroxylation is 1. The first-order valence-electron chi connectivity index (χ1n) is 14.3. The molecule has 3 aromatic rings. The topological polar surface area (TPSA) is 61.9 Å². The summed E-state index contributed by atoms with van der Waals surface area (Å²) in [4.78, 5) is 30.5. The third-order valence-electron chi connectivity index (χ3n) is 7.84. The maximum Gasteiger partial charge on any atom is 0.289 e. The van der Waals surface area contributed by atoms with Crippen LogP contribution in [0.25, 0.3) is 6.08 Å². The number of nitrogens with zero attached hydrogens (tertiary/aromatic N) is 2. The number of carbonyl (C=O) groups excluding carboxylic acids is 2. The maximum absolute atomic E-state index is 13.6. The number of carbonyl (C=O) groups is 2. The van der Waals surface area contributed by atoms with Gasteiger partial charge >= 0.3 is 0 Å². The lowest BCUT2D eigenvalue weighted by Gasteiger charge is -2.44. The van der Waals surface area contributed by atoms with Crippen LogP contribution in [0.1, 0.15) is 58.3 Å². The summed E-state index contributed by atoms with van der Waals surface area (Å²) in [6, 6.07) is 26.1. The lowest BCUT2D eigenvalue weighted by molar-refractivity contribution is -0.149. The average molecular weight is 538 g/mol. The molecule has 40 heavy (non-hydrogen) atoms. The molecule has 2 amide bonds. The predicted molar refractivity (Wildman–Crippen MR) is 158 cm³/mol. The quantitative estimate of drug-likeness (QED) is 0.363. The number of ether oxygens (including phenoxy) is 1. The van der Waals surface area contributed by atoms with Gasteiger partial charge in [0.2, 0.25) is 0 Å². The number of benzene rings is 3. The van der Waals surface area contributed by atoms with Crippen molar-refractivity contribution in [2.45, 2.75) is 57.8 Å². The second-order valence-electron chi connectivity index (χ2n) is 11.0. The van der Waals surface area contributed by atoms with Crippen molar-refractivity contribution in [1.82, 2.24) is 15.1 Å². The molecular formula is C34H39N3O3.